The number of hydrogen-bond donors (Lipinski definition) is 1. The van der Waals surface area contributed by atoms with Crippen LogP contribution in [-0.4, -0.2) is 52.2 Å². The average Bonchev–Trinajstić information content (AvgIpc) is 3.10. The fraction of sp³-hybridized carbons (Fsp3) is 0.500. The second kappa shape index (κ2) is 7.12. The van der Waals surface area contributed by atoms with Crippen LogP contribution in [0.4, 0.5) is 4.79 Å². The van der Waals surface area contributed by atoms with Crippen LogP contribution in [0.25, 0.3) is 0 Å². The van der Waals surface area contributed by atoms with E-state index in [2.05, 4.69) is 5.32 Å². The zero-order chi connectivity index (χ0) is 17.9. The molecule has 0 aliphatic carbocycles. The van der Waals surface area contributed by atoms with Crippen molar-refractivity contribution in [3.63, 3.8) is 0 Å². The van der Waals surface area contributed by atoms with Gasteiger partial charge in [-0.05, 0) is 31.7 Å². The first-order valence-corrected chi connectivity index (χ1v) is 8.64. The van der Waals surface area contributed by atoms with E-state index < -0.39 is 35.8 Å². The molecule has 1 fully saturated rings. The molecule has 1 aromatic rings. The number of imide groups is 2. The number of amides is 5. The van der Waals surface area contributed by atoms with Gasteiger partial charge in [-0.25, -0.2) is 9.69 Å². The fourth-order valence-corrected chi connectivity index (χ4v) is 2.91. The molecular formula is C16H21N3O4S. The summed E-state index contributed by atoms with van der Waals surface area (Å²) in [5, 5.41) is 4.65. The fourth-order valence-electron chi connectivity index (χ4n) is 2.21. The second-order valence-electron chi connectivity index (χ2n) is 6.25. The van der Waals surface area contributed by atoms with Gasteiger partial charge in [-0.15, -0.1) is 11.3 Å². The molecule has 130 valence electrons. The van der Waals surface area contributed by atoms with Crippen LogP contribution in [0, 0.1) is 0 Å². The van der Waals surface area contributed by atoms with Crippen LogP contribution < -0.4 is 5.32 Å². The summed E-state index contributed by atoms with van der Waals surface area (Å²) in [4.78, 5) is 50.9. The second-order valence-corrected chi connectivity index (χ2v) is 7.28. The van der Waals surface area contributed by atoms with Crippen molar-refractivity contribution in [3.8, 4) is 0 Å². The Kier molecular flexibility index (Phi) is 5.38. The first kappa shape index (κ1) is 18.1. The molecule has 0 bridgehead atoms. The molecule has 8 heteroatoms. The Balaban J connectivity index is 1.99. The van der Waals surface area contributed by atoms with E-state index in [9.17, 15) is 19.2 Å². The molecule has 0 spiro atoms. The molecule has 24 heavy (non-hydrogen) atoms. The van der Waals surface area contributed by atoms with E-state index in [1.54, 1.807) is 0 Å². The monoisotopic (exact) mass is 351 g/mol. The van der Waals surface area contributed by atoms with Crippen LogP contribution in [0.15, 0.2) is 17.5 Å². The maximum Gasteiger partial charge on any atom is 0.334 e. The van der Waals surface area contributed by atoms with Crippen molar-refractivity contribution in [1.29, 1.82) is 0 Å². The Morgan fingerprint density at radius 1 is 1.21 bits per heavy atom. The van der Waals surface area contributed by atoms with Crippen molar-refractivity contribution < 1.29 is 19.2 Å². The maximum atomic E-state index is 12.3. The molecule has 1 aromatic heterocycles. The van der Waals surface area contributed by atoms with Gasteiger partial charge in [0.2, 0.25) is 5.91 Å². The van der Waals surface area contributed by atoms with Crippen molar-refractivity contribution in [2.24, 2.45) is 0 Å². The summed E-state index contributed by atoms with van der Waals surface area (Å²) in [6.07, 6.45) is 1.19. The van der Waals surface area contributed by atoms with Gasteiger partial charge in [-0.2, -0.15) is 0 Å². The molecule has 1 aliphatic heterocycles. The molecule has 1 N–H and O–H groups in total. The Morgan fingerprint density at radius 3 is 2.46 bits per heavy atom. The summed E-state index contributed by atoms with van der Waals surface area (Å²) in [7, 11) is 0. The van der Waals surface area contributed by atoms with Gasteiger partial charge in [0.05, 0.1) is 0 Å². The number of hydrogen-bond acceptors (Lipinski definition) is 5. The predicted octanol–water partition coefficient (Wildman–Crippen LogP) is 1.39. The summed E-state index contributed by atoms with van der Waals surface area (Å²) in [6.45, 7) is 5.29. The van der Waals surface area contributed by atoms with Gasteiger partial charge in [0.15, 0.2) is 0 Å². The molecule has 7 nitrogen and oxygen atoms in total. The predicted molar refractivity (Wildman–Crippen MR) is 89.4 cm³/mol. The summed E-state index contributed by atoms with van der Waals surface area (Å²) in [6, 6.07) is 3.05. The number of carbonyl (C=O) groups excluding carboxylic acids is 4. The molecule has 2 heterocycles. The normalized spacial score (nSPS) is 15.4. The standard InChI is InChI=1S/C16H21N3O4S/c1-4-16(2,3)17-12(20)10-19-14(22)13(21)18(15(19)23)8-7-11-6-5-9-24-11/h5-6,9H,4,7-8,10H2,1-3H3,(H,17,20). The Labute approximate surface area is 144 Å². The molecular weight excluding hydrogens is 330 g/mol. The van der Waals surface area contributed by atoms with E-state index in [0.717, 1.165) is 9.78 Å². The first-order chi connectivity index (χ1) is 11.2. The molecule has 1 saturated heterocycles. The van der Waals surface area contributed by atoms with E-state index in [1.807, 2.05) is 38.3 Å². The highest BCUT2D eigenvalue weighted by Crippen LogP contribution is 2.16. The lowest BCUT2D eigenvalue weighted by Gasteiger charge is -2.25. The Hall–Kier alpha value is -2.22. The van der Waals surface area contributed by atoms with Crippen molar-refractivity contribution in [3.05, 3.63) is 22.4 Å². The van der Waals surface area contributed by atoms with E-state index in [0.29, 0.717) is 17.7 Å². The van der Waals surface area contributed by atoms with Crippen LogP contribution in [0.5, 0.6) is 0 Å². The van der Waals surface area contributed by atoms with Gasteiger partial charge in [0.1, 0.15) is 6.54 Å². The topological polar surface area (TPSA) is 86.8 Å². The molecule has 0 saturated carbocycles. The third kappa shape index (κ3) is 4.00. The quantitative estimate of drug-likeness (QED) is 0.594. The molecule has 2 rings (SSSR count). The molecule has 1 aliphatic rings. The van der Waals surface area contributed by atoms with Gasteiger partial charge < -0.3 is 5.32 Å². The highest BCUT2D eigenvalue weighted by Gasteiger charge is 2.45. The summed E-state index contributed by atoms with van der Waals surface area (Å²) in [5.41, 5.74) is -0.439. The van der Waals surface area contributed by atoms with Gasteiger partial charge in [-0.1, -0.05) is 13.0 Å². The SMILES string of the molecule is CCC(C)(C)NC(=O)CN1C(=O)C(=O)N(CCc2cccs2)C1=O. The molecule has 0 unspecified atom stereocenters. The molecule has 0 atom stereocenters. The highest BCUT2D eigenvalue weighted by molar-refractivity contribution is 7.09. The van der Waals surface area contributed by atoms with Crippen molar-refractivity contribution in [1.82, 2.24) is 15.1 Å². The number of nitrogens with one attached hydrogen (secondary N) is 1. The lowest BCUT2D eigenvalue weighted by Crippen LogP contribution is -2.48. The maximum absolute atomic E-state index is 12.3. The van der Waals surface area contributed by atoms with Crippen molar-refractivity contribution >= 4 is 35.1 Å². The lowest BCUT2D eigenvalue weighted by atomic mass is 10.0. The van der Waals surface area contributed by atoms with Gasteiger partial charge in [-0.3, -0.25) is 19.3 Å². The minimum atomic E-state index is -0.948. The van der Waals surface area contributed by atoms with Crippen LogP contribution in [0.3, 0.4) is 0 Å². The number of carbonyl (C=O) groups is 4. The van der Waals surface area contributed by atoms with Crippen LogP contribution in [0.1, 0.15) is 32.1 Å². The summed E-state index contributed by atoms with van der Waals surface area (Å²) < 4.78 is 0. The smallest absolute Gasteiger partial charge is 0.334 e. The Morgan fingerprint density at radius 2 is 1.88 bits per heavy atom. The molecule has 0 aromatic carbocycles. The minimum Gasteiger partial charge on any atom is -0.350 e. The van der Waals surface area contributed by atoms with Crippen molar-refractivity contribution in [2.75, 3.05) is 13.1 Å². The van der Waals surface area contributed by atoms with E-state index in [1.165, 1.54) is 11.3 Å². The third-order valence-corrected chi connectivity index (χ3v) is 4.90. The van der Waals surface area contributed by atoms with Gasteiger partial charge in [0, 0.05) is 23.4 Å². The molecule has 5 amide bonds. The number of nitrogens with zero attached hydrogens (tertiary/aromatic N) is 2. The van der Waals surface area contributed by atoms with Crippen LogP contribution >= 0.6 is 11.3 Å². The largest absolute Gasteiger partial charge is 0.350 e. The van der Waals surface area contributed by atoms with Gasteiger partial charge in [0.25, 0.3) is 0 Å². The number of thiophene rings is 1. The lowest BCUT2D eigenvalue weighted by molar-refractivity contribution is -0.144. The van der Waals surface area contributed by atoms with Crippen LogP contribution in [-0.2, 0) is 20.8 Å². The third-order valence-electron chi connectivity index (χ3n) is 3.96. The zero-order valence-corrected chi connectivity index (χ0v) is 14.8. The summed E-state index contributed by atoms with van der Waals surface area (Å²) in [5.74, 6) is -2.29. The van der Waals surface area contributed by atoms with Crippen LogP contribution in [0.2, 0.25) is 0 Å². The van der Waals surface area contributed by atoms with E-state index in [4.69, 9.17) is 0 Å². The number of urea groups is 1. The van der Waals surface area contributed by atoms with E-state index in [-0.39, 0.29) is 6.54 Å². The van der Waals surface area contributed by atoms with Gasteiger partial charge >= 0.3 is 17.8 Å². The average molecular weight is 351 g/mol. The summed E-state index contributed by atoms with van der Waals surface area (Å²) >= 11 is 1.52. The minimum absolute atomic E-state index is 0.127. The zero-order valence-electron chi connectivity index (χ0n) is 14.0. The van der Waals surface area contributed by atoms with E-state index >= 15 is 0 Å². The van der Waals surface area contributed by atoms with Crippen molar-refractivity contribution in [2.45, 2.75) is 39.2 Å². The number of rotatable bonds is 7. The highest BCUT2D eigenvalue weighted by atomic mass is 32.1. The molecule has 0 radical (unpaired) electrons. The Bertz CT molecular complexity index is 654. The first-order valence-electron chi connectivity index (χ1n) is 7.76.